The van der Waals surface area contributed by atoms with Gasteiger partial charge in [-0.2, -0.15) is 14.8 Å². The van der Waals surface area contributed by atoms with E-state index in [4.69, 9.17) is 0 Å². The molecular formula is C15H16N6OS. The van der Waals surface area contributed by atoms with Gasteiger partial charge in [-0.05, 0) is 12.1 Å². The maximum Gasteiger partial charge on any atom is 0.257 e. The number of amides is 1. The van der Waals surface area contributed by atoms with Gasteiger partial charge in [-0.15, -0.1) is 11.3 Å². The van der Waals surface area contributed by atoms with E-state index < -0.39 is 0 Å². The van der Waals surface area contributed by atoms with E-state index in [1.165, 1.54) is 4.63 Å². The number of piperazine rings is 1. The maximum absolute atomic E-state index is 12.7. The molecule has 3 aromatic heterocycles. The lowest BCUT2D eigenvalue weighted by Gasteiger charge is -2.34. The van der Waals surface area contributed by atoms with Crippen molar-refractivity contribution in [2.24, 2.45) is 0 Å². The highest BCUT2D eigenvalue weighted by Crippen LogP contribution is 2.15. The van der Waals surface area contributed by atoms with Crippen LogP contribution in [0, 0.1) is 0 Å². The molecule has 3 aromatic rings. The summed E-state index contributed by atoms with van der Waals surface area (Å²) in [4.78, 5) is 21.3. The summed E-state index contributed by atoms with van der Waals surface area (Å²) in [5.41, 5.74) is 4.32. The van der Waals surface area contributed by atoms with Crippen LogP contribution in [0.5, 0.6) is 0 Å². The van der Waals surface area contributed by atoms with Crippen LogP contribution in [0.3, 0.4) is 0 Å². The van der Waals surface area contributed by atoms with Crippen LogP contribution in [0.4, 0.5) is 0 Å². The molecule has 1 aliphatic heterocycles. The van der Waals surface area contributed by atoms with E-state index in [-0.39, 0.29) is 5.91 Å². The van der Waals surface area contributed by atoms with Gasteiger partial charge in [-0.3, -0.25) is 9.69 Å². The quantitative estimate of drug-likeness (QED) is 0.721. The number of rotatable bonds is 3. The van der Waals surface area contributed by atoms with Gasteiger partial charge in [-0.25, -0.2) is 4.98 Å². The molecular weight excluding hydrogens is 312 g/mol. The first-order valence-corrected chi connectivity index (χ1v) is 8.43. The van der Waals surface area contributed by atoms with E-state index in [2.05, 4.69) is 25.5 Å². The fraction of sp³-hybridized carbons (Fsp3) is 0.333. The Hall–Kier alpha value is -2.32. The van der Waals surface area contributed by atoms with E-state index >= 15 is 0 Å². The van der Waals surface area contributed by atoms with Crippen molar-refractivity contribution >= 4 is 22.8 Å². The maximum atomic E-state index is 12.7. The van der Waals surface area contributed by atoms with Crippen molar-refractivity contribution in [3.8, 4) is 0 Å². The minimum atomic E-state index is 0.0290. The van der Waals surface area contributed by atoms with Crippen molar-refractivity contribution in [2.75, 3.05) is 26.2 Å². The number of hydrogen-bond donors (Lipinski definition) is 0. The summed E-state index contributed by atoms with van der Waals surface area (Å²) in [6.45, 7) is 4.02. The second-order valence-electron chi connectivity index (χ2n) is 5.50. The van der Waals surface area contributed by atoms with Crippen LogP contribution in [-0.4, -0.2) is 61.7 Å². The monoisotopic (exact) mass is 328 g/mol. The highest BCUT2D eigenvalue weighted by molar-refractivity contribution is 7.07. The fourth-order valence-electron chi connectivity index (χ4n) is 2.82. The summed E-state index contributed by atoms with van der Waals surface area (Å²) in [5.74, 6) is 0.0290. The predicted octanol–water partition coefficient (Wildman–Crippen LogP) is 1.14. The van der Waals surface area contributed by atoms with Crippen LogP contribution in [0.25, 0.3) is 5.52 Å². The second kappa shape index (κ2) is 6.05. The van der Waals surface area contributed by atoms with Crippen LogP contribution in [0.2, 0.25) is 0 Å². The third-order valence-corrected chi connectivity index (χ3v) is 4.70. The predicted molar refractivity (Wildman–Crippen MR) is 86.3 cm³/mol. The van der Waals surface area contributed by atoms with Gasteiger partial charge < -0.3 is 4.90 Å². The summed E-state index contributed by atoms with van der Waals surface area (Å²) in [7, 11) is 0. The van der Waals surface area contributed by atoms with Gasteiger partial charge in [0.15, 0.2) is 0 Å². The average molecular weight is 328 g/mol. The van der Waals surface area contributed by atoms with Crippen molar-refractivity contribution in [3.63, 3.8) is 0 Å². The van der Waals surface area contributed by atoms with Crippen molar-refractivity contribution in [2.45, 2.75) is 6.54 Å². The van der Waals surface area contributed by atoms with Crippen LogP contribution >= 0.6 is 11.3 Å². The lowest BCUT2D eigenvalue weighted by Crippen LogP contribution is -2.48. The average Bonchev–Trinajstić information content (AvgIpc) is 3.24. The van der Waals surface area contributed by atoms with Gasteiger partial charge in [0.1, 0.15) is 5.52 Å². The lowest BCUT2D eigenvalue weighted by molar-refractivity contribution is 0.0629. The van der Waals surface area contributed by atoms with Crippen molar-refractivity contribution < 1.29 is 4.79 Å². The van der Waals surface area contributed by atoms with Gasteiger partial charge >= 0.3 is 0 Å². The zero-order chi connectivity index (χ0) is 15.6. The van der Waals surface area contributed by atoms with Crippen LogP contribution in [0.1, 0.15) is 16.1 Å². The number of thiazole rings is 1. The largest absolute Gasteiger partial charge is 0.336 e. The smallest absolute Gasteiger partial charge is 0.257 e. The van der Waals surface area contributed by atoms with E-state index in [9.17, 15) is 4.79 Å². The Morgan fingerprint density at radius 1 is 1.22 bits per heavy atom. The first kappa shape index (κ1) is 14.3. The lowest BCUT2D eigenvalue weighted by atomic mass is 10.2. The molecule has 7 nitrogen and oxygen atoms in total. The van der Waals surface area contributed by atoms with E-state index in [1.54, 1.807) is 23.7 Å². The molecule has 1 fully saturated rings. The molecule has 0 radical (unpaired) electrons. The minimum absolute atomic E-state index is 0.0290. The summed E-state index contributed by atoms with van der Waals surface area (Å²) >= 11 is 1.62. The molecule has 8 heteroatoms. The Morgan fingerprint density at radius 3 is 2.87 bits per heavy atom. The Bertz CT molecular complexity index is 806. The molecule has 4 heterocycles. The molecule has 0 aliphatic carbocycles. The van der Waals surface area contributed by atoms with Gasteiger partial charge in [-0.1, -0.05) is 0 Å². The topological polar surface area (TPSA) is 66.6 Å². The zero-order valence-electron chi connectivity index (χ0n) is 12.5. The van der Waals surface area contributed by atoms with Crippen molar-refractivity contribution in [1.82, 2.24) is 29.6 Å². The Kier molecular flexibility index (Phi) is 3.76. The standard InChI is InChI=1S/C15H16N6OS/c22-15(13-8-18-21-14(13)2-1-3-17-21)20-6-4-19(5-7-20)9-12-10-23-11-16-12/h1-3,8,10-11H,4-7,9H2. The second-order valence-corrected chi connectivity index (χ2v) is 6.22. The summed E-state index contributed by atoms with van der Waals surface area (Å²) < 4.78 is 1.49. The molecule has 0 atom stereocenters. The third-order valence-electron chi connectivity index (χ3n) is 4.06. The van der Waals surface area contributed by atoms with Gasteiger partial charge in [0.25, 0.3) is 5.91 Å². The molecule has 0 bridgehead atoms. The van der Waals surface area contributed by atoms with E-state index in [0.717, 1.165) is 43.9 Å². The number of carbonyl (C=O) groups is 1. The first-order chi connectivity index (χ1) is 11.3. The highest BCUT2D eigenvalue weighted by atomic mass is 32.1. The molecule has 23 heavy (non-hydrogen) atoms. The Balaban J connectivity index is 1.43. The zero-order valence-corrected chi connectivity index (χ0v) is 13.3. The molecule has 4 rings (SSSR count). The van der Waals surface area contributed by atoms with Gasteiger partial charge in [0.2, 0.25) is 0 Å². The number of aromatic nitrogens is 4. The molecule has 1 saturated heterocycles. The van der Waals surface area contributed by atoms with Crippen LogP contribution in [0.15, 0.2) is 35.4 Å². The summed E-state index contributed by atoms with van der Waals surface area (Å²) in [6.07, 6.45) is 3.26. The molecule has 0 unspecified atom stereocenters. The Labute approximate surface area is 137 Å². The third kappa shape index (κ3) is 2.82. The molecule has 0 N–H and O–H groups in total. The highest BCUT2D eigenvalue weighted by Gasteiger charge is 2.24. The van der Waals surface area contributed by atoms with Gasteiger partial charge in [0.05, 0.1) is 23.0 Å². The molecule has 0 spiro atoms. The fourth-order valence-corrected chi connectivity index (χ4v) is 3.37. The van der Waals surface area contributed by atoms with Gasteiger partial charge in [0, 0.05) is 44.3 Å². The SMILES string of the molecule is O=C(c1cnn2ncccc12)N1CCN(Cc2cscn2)CC1. The molecule has 0 saturated carbocycles. The van der Waals surface area contributed by atoms with E-state index in [0.29, 0.717) is 5.56 Å². The molecule has 1 amide bonds. The van der Waals surface area contributed by atoms with Crippen LogP contribution < -0.4 is 0 Å². The van der Waals surface area contributed by atoms with Crippen molar-refractivity contribution in [1.29, 1.82) is 0 Å². The van der Waals surface area contributed by atoms with E-state index in [1.807, 2.05) is 22.5 Å². The Morgan fingerprint density at radius 2 is 2.09 bits per heavy atom. The summed E-state index contributed by atoms with van der Waals surface area (Å²) in [6, 6.07) is 3.69. The molecule has 0 aromatic carbocycles. The van der Waals surface area contributed by atoms with Crippen LogP contribution in [-0.2, 0) is 6.54 Å². The normalized spacial score (nSPS) is 16.1. The number of fused-ring (bicyclic) bond motifs is 1. The molecule has 1 aliphatic rings. The molecule has 118 valence electrons. The summed E-state index contributed by atoms with van der Waals surface area (Å²) in [5, 5.41) is 10.3. The first-order valence-electron chi connectivity index (χ1n) is 7.49. The number of carbonyl (C=O) groups excluding carboxylic acids is 1. The number of hydrogen-bond acceptors (Lipinski definition) is 6. The van der Waals surface area contributed by atoms with Crippen molar-refractivity contribution in [3.05, 3.63) is 46.7 Å². The number of nitrogens with zero attached hydrogens (tertiary/aromatic N) is 6. The minimum Gasteiger partial charge on any atom is -0.336 e.